The first-order valence-corrected chi connectivity index (χ1v) is 7.55. The smallest absolute Gasteiger partial charge is 0.0892 e. The number of hydrogen-bond acceptors (Lipinski definition) is 2. The monoisotopic (exact) mass is 288 g/mol. The minimum absolute atomic E-state index is 0.919. The van der Waals surface area contributed by atoms with Gasteiger partial charge in [-0.25, -0.2) is 0 Å². The molecule has 0 aliphatic rings. The topological polar surface area (TPSA) is 24.7 Å². The van der Waals surface area contributed by atoms with Gasteiger partial charge in [0.05, 0.1) is 11.4 Å². The van der Waals surface area contributed by atoms with Crippen molar-refractivity contribution in [1.82, 2.24) is 0 Å². The van der Waals surface area contributed by atoms with Gasteiger partial charge in [0.25, 0.3) is 0 Å². The molecule has 2 nitrogen and oxygen atoms in total. The SMILES string of the molecule is Cc1ccccc1N=Nc1ccc2ccc(C)c(C)c2c1C. The molecule has 3 aromatic rings. The van der Waals surface area contributed by atoms with Crippen LogP contribution in [0, 0.1) is 27.7 Å². The summed E-state index contributed by atoms with van der Waals surface area (Å²) >= 11 is 0. The Bertz CT molecular complexity index is 876. The highest BCUT2D eigenvalue weighted by Crippen LogP contribution is 2.32. The molecule has 0 aliphatic carbocycles. The summed E-state index contributed by atoms with van der Waals surface area (Å²) in [6.45, 7) is 8.50. The Labute approximate surface area is 131 Å². The fourth-order valence-corrected chi connectivity index (χ4v) is 2.79. The van der Waals surface area contributed by atoms with Gasteiger partial charge >= 0.3 is 0 Å². The van der Waals surface area contributed by atoms with Crippen LogP contribution >= 0.6 is 0 Å². The number of rotatable bonds is 2. The molecule has 0 N–H and O–H groups in total. The molecule has 22 heavy (non-hydrogen) atoms. The summed E-state index contributed by atoms with van der Waals surface area (Å²) in [6, 6.07) is 16.6. The van der Waals surface area contributed by atoms with E-state index in [1.165, 1.54) is 27.5 Å². The van der Waals surface area contributed by atoms with Crippen LogP contribution < -0.4 is 0 Å². The Balaban J connectivity index is 2.11. The maximum atomic E-state index is 4.48. The third kappa shape index (κ3) is 2.52. The minimum atomic E-state index is 0.919. The number of fused-ring (bicyclic) bond motifs is 1. The van der Waals surface area contributed by atoms with Gasteiger partial charge in [0.2, 0.25) is 0 Å². The highest BCUT2D eigenvalue weighted by atomic mass is 15.1. The lowest BCUT2D eigenvalue weighted by molar-refractivity contribution is 1.20. The van der Waals surface area contributed by atoms with Crippen molar-refractivity contribution in [2.45, 2.75) is 27.7 Å². The molecule has 0 spiro atoms. The second kappa shape index (κ2) is 5.72. The third-order valence-corrected chi connectivity index (χ3v) is 4.33. The van der Waals surface area contributed by atoms with E-state index in [9.17, 15) is 0 Å². The van der Waals surface area contributed by atoms with Gasteiger partial charge in [-0.1, -0.05) is 36.4 Å². The summed E-state index contributed by atoms with van der Waals surface area (Å²) in [5.74, 6) is 0. The van der Waals surface area contributed by atoms with E-state index < -0.39 is 0 Å². The van der Waals surface area contributed by atoms with E-state index in [-0.39, 0.29) is 0 Å². The molecule has 0 atom stereocenters. The zero-order valence-electron chi connectivity index (χ0n) is 13.5. The molecule has 0 fully saturated rings. The van der Waals surface area contributed by atoms with E-state index in [4.69, 9.17) is 0 Å². The molecule has 0 amide bonds. The summed E-state index contributed by atoms with van der Waals surface area (Å²) in [4.78, 5) is 0. The molecule has 0 unspecified atom stereocenters. The second-order valence-electron chi connectivity index (χ2n) is 5.80. The van der Waals surface area contributed by atoms with E-state index in [1.807, 2.05) is 24.3 Å². The fraction of sp³-hybridized carbons (Fsp3) is 0.200. The Morgan fingerprint density at radius 2 is 1.27 bits per heavy atom. The molecule has 3 aromatic carbocycles. The van der Waals surface area contributed by atoms with Crippen LogP contribution in [-0.2, 0) is 0 Å². The van der Waals surface area contributed by atoms with Gasteiger partial charge in [0.1, 0.15) is 0 Å². The molecule has 0 radical (unpaired) electrons. The number of nitrogens with zero attached hydrogens (tertiary/aromatic N) is 2. The third-order valence-electron chi connectivity index (χ3n) is 4.33. The van der Waals surface area contributed by atoms with Gasteiger partial charge in [-0.05, 0) is 72.9 Å². The quantitative estimate of drug-likeness (QED) is 0.481. The van der Waals surface area contributed by atoms with Gasteiger partial charge in [-0.3, -0.25) is 0 Å². The summed E-state index contributed by atoms with van der Waals surface area (Å²) in [5, 5.41) is 11.5. The Kier molecular flexibility index (Phi) is 3.76. The molecular weight excluding hydrogens is 268 g/mol. The summed E-state index contributed by atoms with van der Waals surface area (Å²) in [6.07, 6.45) is 0. The van der Waals surface area contributed by atoms with Crippen LogP contribution in [-0.4, -0.2) is 0 Å². The van der Waals surface area contributed by atoms with Crippen LogP contribution in [0.25, 0.3) is 10.8 Å². The maximum Gasteiger partial charge on any atom is 0.0892 e. The predicted octanol–water partition coefficient (Wildman–Crippen LogP) is 6.49. The van der Waals surface area contributed by atoms with Crippen molar-refractivity contribution in [3.63, 3.8) is 0 Å². The van der Waals surface area contributed by atoms with Crippen molar-refractivity contribution in [3.8, 4) is 0 Å². The Morgan fingerprint density at radius 3 is 2.05 bits per heavy atom. The number of aryl methyl sites for hydroxylation is 4. The van der Waals surface area contributed by atoms with Gasteiger partial charge in [0.15, 0.2) is 0 Å². The molecule has 0 aromatic heterocycles. The molecule has 0 aliphatic heterocycles. The molecular formula is C20H20N2. The average Bonchev–Trinajstić information content (AvgIpc) is 2.51. The number of hydrogen-bond donors (Lipinski definition) is 0. The van der Waals surface area contributed by atoms with Crippen LogP contribution in [0.4, 0.5) is 11.4 Å². The average molecular weight is 288 g/mol. The molecule has 0 heterocycles. The standard InChI is InChI=1S/C20H20N2/c1-13-9-10-17-11-12-19(16(4)20(17)15(13)3)22-21-18-8-6-5-7-14(18)2/h5-12H,1-4H3. The van der Waals surface area contributed by atoms with Gasteiger partial charge in [-0.2, -0.15) is 10.2 Å². The largest absolute Gasteiger partial charge is 0.150 e. The van der Waals surface area contributed by atoms with Crippen LogP contribution in [0.1, 0.15) is 22.3 Å². The molecule has 3 rings (SSSR count). The number of benzene rings is 3. The van der Waals surface area contributed by atoms with Crippen LogP contribution in [0.2, 0.25) is 0 Å². The van der Waals surface area contributed by atoms with Crippen molar-refractivity contribution in [1.29, 1.82) is 0 Å². The molecule has 0 saturated carbocycles. The van der Waals surface area contributed by atoms with Crippen molar-refractivity contribution >= 4 is 22.1 Å². The predicted molar refractivity (Wildman–Crippen MR) is 93.5 cm³/mol. The molecule has 2 heteroatoms. The fourth-order valence-electron chi connectivity index (χ4n) is 2.79. The van der Waals surface area contributed by atoms with Crippen LogP contribution in [0.5, 0.6) is 0 Å². The van der Waals surface area contributed by atoms with Gasteiger partial charge in [-0.15, -0.1) is 0 Å². The first-order valence-electron chi connectivity index (χ1n) is 7.55. The minimum Gasteiger partial charge on any atom is -0.150 e. The highest BCUT2D eigenvalue weighted by molar-refractivity contribution is 5.92. The summed E-state index contributed by atoms with van der Waals surface area (Å²) in [7, 11) is 0. The first-order chi connectivity index (χ1) is 10.6. The highest BCUT2D eigenvalue weighted by Gasteiger charge is 2.07. The van der Waals surface area contributed by atoms with E-state index in [2.05, 4.69) is 62.2 Å². The zero-order chi connectivity index (χ0) is 15.7. The van der Waals surface area contributed by atoms with Crippen molar-refractivity contribution in [2.75, 3.05) is 0 Å². The van der Waals surface area contributed by atoms with Crippen molar-refractivity contribution in [2.24, 2.45) is 10.2 Å². The van der Waals surface area contributed by atoms with E-state index in [1.54, 1.807) is 0 Å². The van der Waals surface area contributed by atoms with E-state index in [0.29, 0.717) is 0 Å². The zero-order valence-corrected chi connectivity index (χ0v) is 13.5. The maximum absolute atomic E-state index is 4.48. The lowest BCUT2D eigenvalue weighted by Gasteiger charge is -2.10. The van der Waals surface area contributed by atoms with Crippen LogP contribution in [0.3, 0.4) is 0 Å². The Morgan fingerprint density at radius 1 is 0.591 bits per heavy atom. The summed E-state index contributed by atoms with van der Waals surface area (Å²) in [5.41, 5.74) is 6.81. The van der Waals surface area contributed by atoms with Crippen molar-refractivity contribution in [3.05, 3.63) is 70.8 Å². The normalized spacial score (nSPS) is 11.5. The number of azo groups is 1. The van der Waals surface area contributed by atoms with E-state index in [0.717, 1.165) is 16.9 Å². The molecule has 0 bridgehead atoms. The van der Waals surface area contributed by atoms with Gasteiger partial charge < -0.3 is 0 Å². The van der Waals surface area contributed by atoms with Gasteiger partial charge in [0, 0.05) is 0 Å². The van der Waals surface area contributed by atoms with Crippen LogP contribution in [0.15, 0.2) is 58.8 Å². The second-order valence-corrected chi connectivity index (χ2v) is 5.80. The van der Waals surface area contributed by atoms with Crippen molar-refractivity contribution < 1.29 is 0 Å². The Hall–Kier alpha value is -2.48. The lowest BCUT2D eigenvalue weighted by Crippen LogP contribution is -1.87. The molecule has 0 saturated heterocycles. The molecule has 110 valence electrons. The summed E-state index contributed by atoms with van der Waals surface area (Å²) < 4.78 is 0. The van der Waals surface area contributed by atoms with E-state index >= 15 is 0 Å². The first kappa shape index (κ1) is 14.5. The lowest BCUT2D eigenvalue weighted by atomic mass is 9.96.